The van der Waals surface area contributed by atoms with Crippen molar-refractivity contribution < 1.29 is 9.53 Å². The quantitative estimate of drug-likeness (QED) is 0.702. The van der Waals surface area contributed by atoms with Gasteiger partial charge in [-0.2, -0.15) is 0 Å². The van der Waals surface area contributed by atoms with Crippen molar-refractivity contribution in [3.63, 3.8) is 0 Å². The van der Waals surface area contributed by atoms with Crippen molar-refractivity contribution in [1.29, 1.82) is 0 Å². The zero-order chi connectivity index (χ0) is 19.2. The molecule has 0 saturated carbocycles. The van der Waals surface area contributed by atoms with Crippen molar-refractivity contribution in [2.24, 2.45) is 5.92 Å². The first-order valence-corrected chi connectivity index (χ1v) is 9.47. The second kappa shape index (κ2) is 8.83. The highest BCUT2D eigenvalue weighted by Gasteiger charge is 2.20. The summed E-state index contributed by atoms with van der Waals surface area (Å²) >= 11 is 0. The average molecular weight is 362 g/mol. The van der Waals surface area contributed by atoms with E-state index in [-0.39, 0.29) is 5.91 Å². The van der Waals surface area contributed by atoms with Crippen LogP contribution in [0.4, 0.5) is 5.69 Å². The van der Waals surface area contributed by atoms with E-state index in [0.29, 0.717) is 18.2 Å². The van der Waals surface area contributed by atoms with Crippen LogP contribution in [0.15, 0.2) is 42.5 Å². The third-order valence-electron chi connectivity index (χ3n) is 5.13. The normalized spacial score (nSPS) is 14.8. The number of likely N-dealkylation sites (tertiary alicyclic amines) is 1. The molecule has 0 atom stereocenters. The fraction of sp³-hybridized carbons (Fsp3) is 0.391. The highest BCUT2D eigenvalue weighted by Crippen LogP contribution is 2.26. The van der Waals surface area contributed by atoms with Crippen molar-refractivity contribution in [3.05, 3.63) is 65.0 Å². The van der Waals surface area contributed by atoms with Crippen LogP contribution in [0.25, 0.3) is 16.0 Å². The molecule has 4 nitrogen and oxygen atoms in total. The van der Waals surface area contributed by atoms with Crippen molar-refractivity contribution in [3.8, 4) is 11.1 Å². The number of aryl methyl sites for hydroxylation is 1. The maximum absolute atomic E-state index is 11.4. The van der Waals surface area contributed by atoms with Crippen molar-refractivity contribution in [2.45, 2.75) is 33.3 Å². The number of piperidine rings is 1. The van der Waals surface area contributed by atoms with Crippen LogP contribution in [-0.2, 0) is 16.1 Å². The molecule has 0 aliphatic carbocycles. The number of nitrogens with zero attached hydrogens (tertiary/aromatic N) is 2. The van der Waals surface area contributed by atoms with Crippen LogP contribution in [0.5, 0.6) is 0 Å². The van der Waals surface area contributed by atoms with Gasteiger partial charge in [-0.15, -0.1) is 0 Å². The number of benzene rings is 2. The SMILES string of the molecule is [C-]#[N+]c1cccc(-c2cc(C)cc(COCC3CCN(C(C)=O)CC3)c2)c1. The number of ether oxygens (including phenoxy) is 1. The van der Waals surface area contributed by atoms with Crippen LogP contribution in [0, 0.1) is 19.4 Å². The minimum Gasteiger partial charge on any atom is -0.376 e. The summed E-state index contributed by atoms with van der Waals surface area (Å²) in [5.74, 6) is 0.698. The van der Waals surface area contributed by atoms with E-state index in [1.165, 1.54) is 5.56 Å². The van der Waals surface area contributed by atoms with Crippen LogP contribution in [-0.4, -0.2) is 30.5 Å². The Morgan fingerprint density at radius 1 is 1.19 bits per heavy atom. The molecular weight excluding hydrogens is 336 g/mol. The van der Waals surface area contributed by atoms with Gasteiger partial charge in [0.2, 0.25) is 5.91 Å². The molecule has 3 rings (SSSR count). The molecule has 4 heteroatoms. The summed E-state index contributed by atoms with van der Waals surface area (Å²) < 4.78 is 5.99. The average Bonchev–Trinajstić information content (AvgIpc) is 2.68. The lowest BCUT2D eigenvalue weighted by molar-refractivity contribution is -0.130. The number of hydrogen-bond acceptors (Lipinski definition) is 2. The third kappa shape index (κ3) is 5.18. The molecule has 1 fully saturated rings. The van der Waals surface area contributed by atoms with Crippen LogP contribution < -0.4 is 0 Å². The van der Waals surface area contributed by atoms with E-state index < -0.39 is 0 Å². The van der Waals surface area contributed by atoms with Crippen molar-refractivity contribution in [2.75, 3.05) is 19.7 Å². The molecule has 27 heavy (non-hydrogen) atoms. The minimum atomic E-state index is 0.170. The van der Waals surface area contributed by atoms with Gasteiger partial charge in [0.25, 0.3) is 0 Å². The zero-order valence-electron chi connectivity index (χ0n) is 16.1. The lowest BCUT2D eigenvalue weighted by atomic mass is 9.97. The third-order valence-corrected chi connectivity index (χ3v) is 5.13. The maximum atomic E-state index is 11.4. The Balaban J connectivity index is 1.59. The smallest absolute Gasteiger partial charge is 0.219 e. The van der Waals surface area contributed by atoms with Gasteiger partial charge >= 0.3 is 0 Å². The predicted molar refractivity (Wildman–Crippen MR) is 108 cm³/mol. The molecule has 140 valence electrons. The van der Waals surface area contributed by atoms with E-state index >= 15 is 0 Å². The highest BCUT2D eigenvalue weighted by atomic mass is 16.5. The molecule has 1 heterocycles. The second-order valence-corrected chi connectivity index (χ2v) is 7.33. The first-order valence-electron chi connectivity index (χ1n) is 9.47. The van der Waals surface area contributed by atoms with Gasteiger partial charge < -0.3 is 9.64 Å². The molecule has 1 aliphatic heterocycles. The molecule has 1 saturated heterocycles. The van der Waals surface area contributed by atoms with E-state index in [1.54, 1.807) is 6.92 Å². The molecule has 1 aliphatic rings. The van der Waals surface area contributed by atoms with Gasteiger partial charge in [-0.25, -0.2) is 4.85 Å². The standard InChI is InChI=1S/C23H26N2O2/c1-17-11-20(13-22(12-17)21-5-4-6-23(14-21)24-3)16-27-15-19-7-9-25(10-8-19)18(2)26/h4-6,11-14,19H,7-10,15-16H2,1-2H3. The summed E-state index contributed by atoms with van der Waals surface area (Å²) in [5.41, 5.74) is 5.18. The van der Waals surface area contributed by atoms with Gasteiger partial charge in [-0.05, 0) is 54.5 Å². The van der Waals surface area contributed by atoms with E-state index in [4.69, 9.17) is 11.3 Å². The van der Waals surface area contributed by atoms with Crippen LogP contribution >= 0.6 is 0 Å². The minimum absolute atomic E-state index is 0.170. The Kier molecular flexibility index (Phi) is 6.26. The number of amides is 1. The lowest BCUT2D eigenvalue weighted by Gasteiger charge is -2.31. The maximum Gasteiger partial charge on any atom is 0.219 e. The molecule has 0 bridgehead atoms. The fourth-order valence-corrected chi connectivity index (χ4v) is 3.63. The molecule has 0 aromatic heterocycles. The Bertz CT molecular complexity index is 846. The number of carbonyl (C=O) groups is 1. The number of carbonyl (C=O) groups excluding carboxylic acids is 1. The topological polar surface area (TPSA) is 33.9 Å². The largest absolute Gasteiger partial charge is 0.376 e. The van der Waals surface area contributed by atoms with E-state index in [1.807, 2.05) is 29.2 Å². The van der Waals surface area contributed by atoms with Crippen LogP contribution in [0.3, 0.4) is 0 Å². The molecule has 2 aromatic carbocycles. The highest BCUT2D eigenvalue weighted by molar-refractivity contribution is 5.73. The zero-order valence-corrected chi connectivity index (χ0v) is 16.1. The number of hydrogen-bond donors (Lipinski definition) is 0. The Morgan fingerprint density at radius 3 is 2.67 bits per heavy atom. The first-order chi connectivity index (χ1) is 13.0. The summed E-state index contributed by atoms with van der Waals surface area (Å²) in [6.45, 7) is 13.9. The summed E-state index contributed by atoms with van der Waals surface area (Å²) in [6.07, 6.45) is 2.03. The fourth-order valence-electron chi connectivity index (χ4n) is 3.63. The molecular formula is C23H26N2O2. The number of rotatable bonds is 5. The Hall–Kier alpha value is -2.64. The molecule has 1 amide bonds. The summed E-state index contributed by atoms with van der Waals surface area (Å²) in [7, 11) is 0. The summed E-state index contributed by atoms with van der Waals surface area (Å²) in [5, 5.41) is 0. The van der Waals surface area contributed by atoms with Crippen molar-refractivity contribution in [1.82, 2.24) is 4.90 Å². The molecule has 0 spiro atoms. The molecule has 0 N–H and O–H groups in total. The lowest BCUT2D eigenvalue weighted by Crippen LogP contribution is -2.38. The first kappa shape index (κ1) is 19.1. The molecule has 0 unspecified atom stereocenters. The van der Waals surface area contributed by atoms with Gasteiger partial charge in [0.15, 0.2) is 5.69 Å². The van der Waals surface area contributed by atoms with Gasteiger partial charge in [0, 0.05) is 26.6 Å². The van der Waals surface area contributed by atoms with Crippen LogP contribution in [0.1, 0.15) is 30.9 Å². The van der Waals surface area contributed by atoms with Gasteiger partial charge in [-0.1, -0.05) is 35.9 Å². The van der Waals surface area contributed by atoms with E-state index in [2.05, 4.69) is 30.0 Å². The van der Waals surface area contributed by atoms with Gasteiger partial charge in [-0.3, -0.25) is 4.79 Å². The molecule has 2 aromatic rings. The van der Waals surface area contributed by atoms with Gasteiger partial charge in [0.1, 0.15) is 0 Å². The molecule has 0 radical (unpaired) electrons. The van der Waals surface area contributed by atoms with Crippen LogP contribution in [0.2, 0.25) is 0 Å². The second-order valence-electron chi connectivity index (χ2n) is 7.33. The van der Waals surface area contributed by atoms with Crippen molar-refractivity contribution >= 4 is 11.6 Å². The summed E-state index contributed by atoms with van der Waals surface area (Å²) in [6, 6.07) is 14.2. The summed E-state index contributed by atoms with van der Waals surface area (Å²) in [4.78, 5) is 16.8. The van der Waals surface area contributed by atoms with Gasteiger partial charge in [0.05, 0.1) is 13.2 Å². The predicted octanol–water partition coefficient (Wildman–Crippen LogP) is 4.99. The Labute approximate surface area is 161 Å². The Morgan fingerprint density at radius 2 is 1.96 bits per heavy atom. The van der Waals surface area contributed by atoms with E-state index in [9.17, 15) is 4.79 Å². The van der Waals surface area contributed by atoms with E-state index in [0.717, 1.165) is 49.2 Å². The monoisotopic (exact) mass is 362 g/mol.